The standard InChI is InChI=1S/C22H28N4O4/c27-19-5-4-18(21(28)24-19)26-13-15-3-1-2-14(20(15)22(26)29)12-25-8-6-16(7-9-25)30-17-10-23-11-17/h1-3,16-18,23H,4-13H2,(H,24,27,28). The lowest BCUT2D eigenvalue weighted by molar-refractivity contribution is -0.136. The minimum Gasteiger partial charge on any atom is -0.372 e. The van der Waals surface area contributed by atoms with Crippen molar-refractivity contribution < 1.29 is 19.1 Å². The zero-order chi connectivity index (χ0) is 20.7. The largest absolute Gasteiger partial charge is 0.372 e. The number of carbonyl (C=O) groups is 3. The summed E-state index contributed by atoms with van der Waals surface area (Å²) in [6, 6.07) is 5.42. The van der Waals surface area contributed by atoms with Gasteiger partial charge in [-0.2, -0.15) is 0 Å². The lowest BCUT2D eigenvalue weighted by Crippen LogP contribution is -2.52. The van der Waals surface area contributed by atoms with E-state index >= 15 is 0 Å². The van der Waals surface area contributed by atoms with Gasteiger partial charge < -0.3 is 15.0 Å². The van der Waals surface area contributed by atoms with Crippen molar-refractivity contribution in [2.45, 2.75) is 57.0 Å². The van der Waals surface area contributed by atoms with E-state index in [2.05, 4.69) is 15.5 Å². The predicted octanol–water partition coefficient (Wildman–Crippen LogP) is 0.400. The molecule has 0 radical (unpaired) electrons. The molecule has 0 bridgehead atoms. The number of nitrogens with zero attached hydrogens (tertiary/aromatic N) is 2. The molecule has 3 amide bonds. The van der Waals surface area contributed by atoms with Gasteiger partial charge in [-0.3, -0.25) is 24.6 Å². The van der Waals surface area contributed by atoms with Gasteiger partial charge in [-0.05, 0) is 30.4 Å². The highest BCUT2D eigenvalue weighted by Gasteiger charge is 2.40. The summed E-state index contributed by atoms with van der Waals surface area (Å²) in [4.78, 5) is 41.0. The van der Waals surface area contributed by atoms with Crippen LogP contribution in [0.15, 0.2) is 18.2 Å². The Kier molecular flexibility index (Phi) is 5.30. The zero-order valence-electron chi connectivity index (χ0n) is 17.1. The van der Waals surface area contributed by atoms with Crippen LogP contribution in [-0.4, -0.2) is 72.0 Å². The molecule has 4 aliphatic heterocycles. The number of benzene rings is 1. The first-order chi connectivity index (χ1) is 14.6. The average Bonchev–Trinajstić information content (AvgIpc) is 3.03. The van der Waals surface area contributed by atoms with Crippen molar-refractivity contribution in [1.82, 2.24) is 20.4 Å². The molecule has 8 heteroatoms. The number of hydrogen-bond acceptors (Lipinski definition) is 6. The topological polar surface area (TPSA) is 91.0 Å². The molecule has 0 spiro atoms. The van der Waals surface area contributed by atoms with Gasteiger partial charge in [0.25, 0.3) is 5.91 Å². The van der Waals surface area contributed by atoms with Crippen LogP contribution in [0.4, 0.5) is 0 Å². The Balaban J connectivity index is 1.24. The van der Waals surface area contributed by atoms with Crippen LogP contribution in [0.5, 0.6) is 0 Å². The first kappa shape index (κ1) is 19.7. The van der Waals surface area contributed by atoms with E-state index in [9.17, 15) is 14.4 Å². The summed E-state index contributed by atoms with van der Waals surface area (Å²) < 4.78 is 6.10. The number of piperidine rings is 2. The van der Waals surface area contributed by atoms with E-state index in [0.29, 0.717) is 25.2 Å². The van der Waals surface area contributed by atoms with Crippen LogP contribution in [0.2, 0.25) is 0 Å². The molecule has 1 atom stereocenters. The van der Waals surface area contributed by atoms with Crippen molar-refractivity contribution in [2.75, 3.05) is 26.2 Å². The fraction of sp³-hybridized carbons (Fsp3) is 0.591. The van der Waals surface area contributed by atoms with E-state index in [0.717, 1.165) is 62.3 Å². The third-order valence-corrected chi connectivity index (χ3v) is 6.70. The number of amides is 3. The highest BCUT2D eigenvalue weighted by Crippen LogP contribution is 2.31. The maximum Gasteiger partial charge on any atom is 0.255 e. The van der Waals surface area contributed by atoms with Crippen molar-refractivity contribution in [3.8, 4) is 0 Å². The molecular formula is C22H28N4O4. The Morgan fingerprint density at radius 3 is 2.53 bits per heavy atom. The molecular weight excluding hydrogens is 384 g/mol. The second-order valence-corrected chi connectivity index (χ2v) is 8.74. The Labute approximate surface area is 175 Å². The molecule has 1 aromatic rings. The molecule has 8 nitrogen and oxygen atoms in total. The summed E-state index contributed by atoms with van der Waals surface area (Å²) in [6.45, 7) is 5.00. The van der Waals surface area contributed by atoms with E-state index in [1.807, 2.05) is 18.2 Å². The molecule has 3 saturated heterocycles. The molecule has 0 saturated carbocycles. The lowest BCUT2D eigenvalue weighted by atomic mass is 10.0. The third-order valence-electron chi connectivity index (χ3n) is 6.70. The highest BCUT2D eigenvalue weighted by atomic mass is 16.5. The smallest absolute Gasteiger partial charge is 0.255 e. The number of nitrogens with one attached hydrogen (secondary N) is 2. The van der Waals surface area contributed by atoms with Crippen LogP contribution in [0.1, 0.15) is 47.2 Å². The Morgan fingerprint density at radius 1 is 1.03 bits per heavy atom. The summed E-state index contributed by atoms with van der Waals surface area (Å²) in [6.07, 6.45) is 3.40. The van der Waals surface area contributed by atoms with Gasteiger partial charge >= 0.3 is 0 Å². The van der Waals surface area contributed by atoms with E-state index < -0.39 is 6.04 Å². The monoisotopic (exact) mass is 412 g/mol. The molecule has 2 N–H and O–H groups in total. The minimum absolute atomic E-state index is 0.0919. The number of fused-ring (bicyclic) bond motifs is 1. The fourth-order valence-electron chi connectivity index (χ4n) is 4.90. The molecule has 160 valence electrons. The number of hydrogen-bond donors (Lipinski definition) is 2. The van der Waals surface area contributed by atoms with E-state index in [-0.39, 0.29) is 24.1 Å². The fourth-order valence-corrected chi connectivity index (χ4v) is 4.90. The van der Waals surface area contributed by atoms with Crippen LogP contribution in [-0.2, 0) is 27.4 Å². The van der Waals surface area contributed by atoms with Gasteiger partial charge in [0.05, 0.1) is 12.2 Å². The van der Waals surface area contributed by atoms with Crippen LogP contribution >= 0.6 is 0 Å². The SMILES string of the molecule is O=C1CCC(N2Cc3cccc(CN4CCC(OC5CNC5)CC4)c3C2=O)C(=O)N1. The van der Waals surface area contributed by atoms with Gasteiger partial charge in [-0.25, -0.2) is 0 Å². The second-order valence-electron chi connectivity index (χ2n) is 8.74. The Morgan fingerprint density at radius 2 is 1.83 bits per heavy atom. The maximum absolute atomic E-state index is 13.2. The van der Waals surface area contributed by atoms with Gasteiger partial charge in [0, 0.05) is 51.3 Å². The normalized spacial score (nSPS) is 25.9. The quantitative estimate of drug-likeness (QED) is 0.681. The molecule has 0 aliphatic carbocycles. The van der Waals surface area contributed by atoms with Crippen LogP contribution in [0.3, 0.4) is 0 Å². The Hall–Kier alpha value is -2.29. The summed E-state index contributed by atoms with van der Waals surface area (Å²) in [7, 11) is 0. The molecule has 4 aliphatic rings. The van der Waals surface area contributed by atoms with Gasteiger partial charge in [0.1, 0.15) is 6.04 Å². The molecule has 4 heterocycles. The van der Waals surface area contributed by atoms with E-state index in [4.69, 9.17) is 4.74 Å². The number of imide groups is 1. The molecule has 0 aromatic heterocycles. The first-order valence-corrected chi connectivity index (χ1v) is 10.9. The lowest BCUT2D eigenvalue weighted by Gasteiger charge is -2.36. The van der Waals surface area contributed by atoms with Crippen molar-refractivity contribution in [3.63, 3.8) is 0 Å². The van der Waals surface area contributed by atoms with Crippen molar-refractivity contribution in [3.05, 3.63) is 34.9 Å². The van der Waals surface area contributed by atoms with E-state index in [1.54, 1.807) is 4.90 Å². The summed E-state index contributed by atoms with van der Waals surface area (Å²) >= 11 is 0. The summed E-state index contributed by atoms with van der Waals surface area (Å²) in [5.41, 5.74) is 2.73. The van der Waals surface area contributed by atoms with Gasteiger partial charge in [-0.1, -0.05) is 18.2 Å². The minimum atomic E-state index is -0.565. The number of rotatable bonds is 5. The third kappa shape index (κ3) is 3.75. The van der Waals surface area contributed by atoms with E-state index in [1.165, 1.54) is 0 Å². The number of ether oxygens (including phenoxy) is 1. The number of likely N-dealkylation sites (tertiary alicyclic amines) is 1. The maximum atomic E-state index is 13.2. The summed E-state index contributed by atoms with van der Waals surface area (Å²) in [5.74, 6) is -0.717. The van der Waals surface area contributed by atoms with Crippen molar-refractivity contribution >= 4 is 17.7 Å². The van der Waals surface area contributed by atoms with Crippen LogP contribution < -0.4 is 10.6 Å². The average molecular weight is 412 g/mol. The molecule has 30 heavy (non-hydrogen) atoms. The van der Waals surface area contributed by atoms with Crippen molar-refractivity contribution in [1.29, 1.82) is 0 Å². The molecule has 5 rings (SSSR count). The van der Waals surface area contributed by atoms with Crippen molar-refractivity contribution in [2.24, 2.45) is 0 Å². The highest BCUT2D eigenvalue weighted by molar-refractivity contribution is 6.05. The van der Waals surface area contributed by atoms with Gasteiger partial charge in [0.2, 0.25) is 11.8 Å². The molecule has 1 aromatic carbocycles. The predicted molar refractivity (Wildman–Crippen MR) is 109 cm³/mol. The first-order valence-electron chi connectivity index (χ1n) is 10.9. The number of carbonyl (C=O) groups excluding carboxylic acids is 3. The molecule has 1 unspecified atom stereocenters. The molecule has 3 fully saturated rings. The Bertz CT molecular complexity index is 861. The zero-order valence-corrected chi connectivity index (χ0v) is 17.1. The van der Waals surface area contributed by atoms with Crippen LogP contribution in [0.25, 0.3) is 0 Å². The second kappa shape index (κ2) is 8.09. The van der Waals surface area contributed by atoms with Gasteiger partial charge in [-0.15, -0.1) is 0 Å². The van der Waals surface area contributed by atoms with Crippen LogP contribution in [0, 0.1) is 0 Å². The summed E-state index contributed by atoms with van der Waals surface area (Å²) in [5, 5.41) is 5.60. The van der Waals surface area contributed by atoms with Gasteiger partial charge in [0.15, 0.2) is 0 Å².